The SMILES string of the molecule is COc1ccc(OC)c(CNC(=O)C(CN)c2ccccc2)c1. The van der Waals surface area contributed by atoms with Crippen LogP contribution in [0.15, 0.2) is 48.5 Å². The minimum Gasteiger partial charge on any atom is -0.497 e. The minimum atomic E-state index is -0.368. The van der Waals surface area contributed by atoms with E-state index in [-0.39, 0.29) is 18.4 Å². The number of carbonyl (C=O) groups excluding carboxylic acids is 1. The molecule has 5 heteroatoms. The van der Waals surface area contributed by atoms with E-state index in [2.05, 4.69) is 5.32 Å². The zero-order valence-electron chi connectivity index (χ0n) is 13.4. The fourth-order valence-corrected chi connectivity index (χ4v) is 2.41. The smallest absolute Gasteiger partial charge is 0.229 e. The zero-order chi connectivity index (χ0) is 16.7. The highest BCUT2D eigenvalue weighted by molar-refractivity contribution is 5.83. The summed E-state index contributed by atoms with van der Waals surface area (Å²) in [6, 6.07) is 15.0. The molecule has 0 aliphatic heterocycles. The second-order valence-corrected chi connectivity index (χ2v) is 5.09. The van der Waals surface area contributed by atoms with E-state index in [9.17, 15) is 4.79 Å². The number of benzene rings is 2. The average Bonchev–Trinajstić information content (AvgIpc) is 2.61. The van der Waals surface area contributed by atoms with Crippen LogP contribution in [0.25, 0.3) is 0 Å². The van der Waals surface area contributed by atoms with Crippen molar-refractivity contribution in [2.45, 2.75) is 12.5 Å². The molecule has 1 atom stereocenters. The first-order chi connectivity index (χ1) is 11.2. The summed E-state index contributed by atoms with van der Waals surface area (Å²) >= 11 is 0. The number of methoxy groups -OCH3 is 2. The molecule has 23 heavy (non-hydrogen) atoms. The predicted molar refractivity (Wildman–Crippen MR) is 89.6 cm³/mol. The van der Waals surface area contributed by atoms with Gasteiger partial charge in [-0.05, 0) is 23.8 Å². The van der Waals surface area contributed by atoms with Gasteiger partial charge in [-0.25, -0.2) is 0 Å². The van der Waals surface area contributed by atoms with Gasteiger partial charge in [0.15, 0.2) is 0 Å². The van der Waals surface area contributed by atoms with E-state index >= 15 is 0 Å². The Morgan fingerprint density at radius 1 is 1.13 bits per heavy atom. The van der Waals surface area contributed by atoms with Crippen LogP contribution < -0.4 is 20.5 Å². The molecule has 0 fully saturated rings. The van der Waals surface area contributed by atoms with Gasteiger partial charge in [-0.3, -0.25) is 4.79 Å². The third kappa shape index (κ3) is 4.23. The van der Waals surface area contributed by atoms with Gasteiger partial charge in [-0.1, -0.05) is 30.3 Å². The largest absolute Gasteiger partial charge is 0.497 e. The highest BCUT2D eigenvalue weighted by Gasteiger charge is 2.19. The van der Waals surface area contributed by atoms with Gasteiger partial charge in [0.1, 0.15) is 11.5 Å². The van der Waals surface area contributed by atoms with Crippen molar-refractivity contribution >= 4 is 5.91 Å². The standard InChI is InChI=1S/C18H22N2O3/c1-22-15-8-9-17(23-2)14(10-15)12-20-18(21)16(11-19)13-6-4-3-5-7-13/h3-10,16H,11-12,19H2,1-2H3,(H,20,21). The molecule has 2 aromatic carbocycles. The summed E-state index contributed by atoms with van der Waals surface area (Å²) in [5, 5.41) is 2.92. The van der Waals surface area contributed by atoms with Crippen LogP contribution in [0.3, 0.4) is 0 Å². The summed E-state index contributed by atoms with van der Waals surface area (Å²) in [6.45, 7) is 0.605. The van der Waals surface area contributed by atoms with Crippen molar-refractivity contribution in [2.75, 3.05) is 20.8 Å². The molecule has 0 saturated heterocycles. The van der Waals surface area contributed by atoms with Gasteiger partial charge in [-0.2, -0.15) is 0 Å². The molecule has 1 amide bonds. The van der Waals surface area contributed by atoms with E-state index < -0.39 is 0 Å². The van der Waals surface area contributed by atoms with E-state index in [0.29, 0.717) is 18.0 Å². The van der Waals surface area contributed by atoms with Crippen LogP contribution >= 0.6 is 0 Å². The fraction of sp³-hybridized carbons (Fsp3) is 0.278. The number of carbonyl (C=O) groups is 1. The molecular formula is C18H22N2O3. The van der Waals surface area contributed by atoms with Crippen molar-refractivity contribution in [3.63, 3.8) is 0 Å². The van der Waals surface area contributed by atoms with Crippen LogP contribution in [0.2, 0.25) is 0 Å². The first kappa shape index (κ1) is 16.8. The monoisotopic (exact) mass is 314 g/mol. The van der Waals surface area contributed by atoms with Crippen molar-refractivity contribution in [2.24, 2.45) is 5.73 Å². The summed E-state index contributed by atoms with van der Waals surface area (Å²) in [7, 11) is 3.20. The Hall–Kier alpha value is -2.53. The van der Waals surface area contributed by atoms with E-state index in [1.165, 1.54) is 0 Å². The lowest BCUT2D eigenvalue weighted by molar-refractivity contribution is -0.122. The summed E-state index contributed by atoms with van der Waals surface area (Å²) in [5.41, 5.74) is 7.53. The molecular weight excluding hydrogens is 292 g/mol. The van der Waals surface area contributed by atoms with Crippen molar-refractivity contribution in [3.8, 4) is 11.5 Å². The first-order valence-corrected chi connectivity index (χ1v) is 7.43. The molecule has 0 aliphatic rings. The molecule has 0 bridgehead atoms. The lowest BCUT2D eigenvalue weighted by Gasteiger charge is -2.16. The van der Waals surface area contributed by atoms with Gasteiger partial charge in [0.25, 0.3) is 0 Å². The van der Waals surface area contributed by atoms with Gasteiger partial charge in [-0.15, -0.1) is 0 Å². The summed E-state index contributed by atoms with van der Waals surface area (Å²) < 4.78 is 10.5. The van der Waals surface area contributed by atoms with Crippen LogP contribution in [0.5, 0.6) is 11.5 Å². The molecule has 2 rings (SSSR count). The van der Waals surface area contributed by atoms with Crippen LogP contribution in [0.1, 0.15) is 17.0 Å². The van der Waals surface area contributed by atoms with Crippen molar-refractivity contribution in [3.05, 3.63) is 59.7 Å². The summed E-state index contributed by atoms with van der Waals surface area (Å²) in [6.07, 6.45) is 0. The molecule has 0 heterocycles. The maximum Gasteiger partial charge on any atom is 0.229 e. The summed E-state index contributed by atoms with van der Waals surface area (Å²) in [5.74, 6) is 0.944. The van der Waals surface area contributed by atoms with Crippen LogP contribution in [-0.2, 0) is 11.3 Å². The number of hydrogen-bond donors (Lipinski definition) is 2. The predicted octanol–water partition coefficient (Wildman–Crippen LogP) is 2.06. The molecule has 0 aromatic heterocycles. The highest BCUT2D eigenvalue weighted by atomic mass is 16.5. The third-order valence-electron chi connectivity index (χ3n) is 3.69. The zero-order valence-corrected chi connectivity index (χ0v) is 13.4. The minimum absolute atomic E-state index is 0.108. The molecule has 5 nitrogen and oxygen atoms in total. The number of nitrogens with one attached hydrogen (secondary N) is 1. The maximum absolute atomic E-state index is 12.4. The average molecular weight is 314 g/mol. The van der Waals surface area contributed by atoms with Gasteiger partial charge in [0.05, 0.1) is 20.1 Å². The Kier molecular flexibility index (Phi) is 6.00. The fourth-order valence-electron chi connectivity index (χ4n) is 2.41. The first-order valence-electron chi connectivity index (χ1n) is 7.43. The second-order valence-electron chi connectivity index (χ2n) is 5.09. The molecule has 122 valence electrons. The number of ether oxygens (including phenoxy) is 2. The highest BCUT2D eigenvalue weighted by Crippen LogP contribution is 2.24. The Labute approximate surface area is 136 Å². The Morgan fingerprint density at radius 2 is 1.87 bits per heavy atom. The van der Waals surface area contributed by atoms with Gasteiger partial charge in [0.2, 0.25) is 5.91 Å². The van der Waals surface area contributed by atoms with Crippen LogP contribution in [-0.4, -0.2) is 26.7 Å². The van der Waals surface area contributed by atoms with Gasteiger partial charge >= 0.3 is 0 Å². The normalized spacial score (nSPS) is 11.6. The van der Waals surface area contributed by atoms with Crippen LogP contribution in [0.4, 0.5) is 0 Å². The Bertz CT molecular complexity index is 644. The topological polar surface area (TPSA) is 73.6 Å². The van der Waals surface area contributed by atoms with Gasteiger partial charge < -0.3 is 20.5 Å². The summed E-state index contributed by atoms with van der Waals surface area (Å²) in [4.78, 5) is 12.4. The molecule has 2 aromatic rings. The maximum atomic E-state index is 12.4. The molecule has 0 saturated carbocycles. The van der Waals surface area contributed by atoms with Crippen LogP contribution in [0, 0.1) is 0 Å². The number of rotatable bonds is 7. The van der Waals surface area contributed by atoms with E-state index in [1.807, 2.05) is 48.5 Å². The van der Waals surface area contributed by atoms with Crippen molar-refractivity contribution in [1.82, 2.24) is 5.32 Å². The molecule has 3 N–H and O–H groups in total. The lowest BCUT2D eigenvalue weighted by Crippen LogP contribution is -2.33. The lowest BCUT2D eigenvalue weighted by atomic mass is 9.98. The quantitative estimate of drug-likeness (QED) is 0.820. The number of hydrogen-bond acceptors (Lipinski definition) is 4. The molecule has 0 aliphatic carbocycles. The second kappa shape index (κ2) is 8.19. The molecule has 1 unspecified atom stereocenters. The van der Waals surface area contributed by atoms with Crippen molar-refractivity contribution < 1.29 is 14.3 Å². The van der Waals surface area contributed by atoms with E-state index in [1.54, 1.807) is 14.2 Å². The Morgan fingerprint density at radius 3 is 2.48 bits per heavy atom. The number of nitrogens with two attached hydrogens (primary N) is 1. The number of amides is 1. The van der Waals surface area contributed by atoms with E-state index in [4.69, 9.17) is 15.2 Å². The van der Waals surface area contributed by atoms with Crippen molar-refractivity contribution in [1.29, 1.82) is 0 Å². The van der Waals surface area contributed by atoms with Gasteiger partial charge in [0, 0.05) is 18.7 Å². The Balaban J connectivity index is 2.09. The third-order valence-corrected chi connectivity index (χ3v) is 3.69. The molecule has 0 radical (unpaired) electrons. The van der Waals surface area contributed by atoms with E-state index in [0.717, 1.165) is 11.1 Å². The molecule has 0 spiro atoms.